The van der Waals surface area contributed by atoms with Crippen LogP contribution < -0.4 is 11.2 Å². The SMILES string of the molecule is Cc1cc(C)cc(/C=N/Nc2nc(N)c3cc(-c4cnco4)sc3n2)c1. The van der Waals surface area contributed by atoms with E-state index >= 15 is 0 Å². The van der Waals surface area contributed by atoms with E-state index in [0.717, 1.165) is 20.7 Å². The molecule has 0 spiro atoms. The molecule has 0 radical (unpaired) electrons. The third kappa shape index (κ3) is 3.27. The minimum atomic E-state index is 0.349. The standard InChI is InChI=1S/C18H16N6OS/c1-10-3-11(2)5-12(4-10)7-21-24-18-22-16(19)13-6-15(26-17(13)23-18)14-8-20-9-25-14/h3-9H,1-2H3,(H3,19,22,23,24)/b21-7+. The average molecular weight is 364 g/mol. The number of oxazole rings is 1. The number of benzene rings is 1. The van der Waals surface area contributed by atoms with E-state index in [1.54, 1.807) is 12.4 Å². The summed E-state index contributed by atoms with van der Waals surface area (Å²) in [6.45, 7) is 4.11. The van der Waals surface area contributed by atoms with Crippen LogP contribution in [0.25, 0.3) is 20.9 Å². The zero-order valence-electron chi connectivity index (χ0n) is 14.2. The van der Waals surface area contributed by atoms with E-state index in [1.807, 2.05) is 6.07 Å². The fourth-order valence-corrected chi connectivity index (χ4v) is 3.69. The Balaban J connectivity index is 1.59. The molecule has 3 N–H and O–H groups in total. The van der Waals surface area contributed by atoms with E-state index in [9.17, 15) is 0 Å². The van der Waals surface area contributed by atoms with Crippen molar-refractivity contribution < 1.29 is 4.42 Å². The molecule has 1 aromatic carbocycles. The summed E-state index contributed by atoms with van der Waals surface area (Å²) in [5, 5.41) is 5.00. The van der Waals surface area contributed by atoms with Gasteiger partial charge in [0, 0.05) is 0 Å². The van der Waals surface area contributed by atoms with Gasteiger partial charge < -0.3 is 10.2 Å². The van der Waals surface area contributed by atoms with E-state index in [-0.39, 0.29) is 0 Å². The van der Waals surface area contributed by atoms with Crippen LogP contribution in [-0.2, 0) is 0 Å². The molecule has 0 saturated heterocycles. The van der Waals surface area contributed by atoms with Crippen LogP contribution in [0.2, 0.25) is 0 Å². The van der Waals surface area contributed by atoms with Crippen LogP contribution in [0.5, 0.6) is 0 Å². The third-order valence-corrected chi connectivity index (χ3v) is 4.76. The molecule has 0 aliphatic heterocycles. The van der Waals surface area contributed by atoms with Crippen molar-refractivity contribution in [1.82, 2.24) is 15.0 Å². The molecule has 7 nitrogen and oxygen atoms in total. The van der Waals surface area contributed by atoms with Crippen molar-refractivity contribution in [3.05, 3.63) is 53.5 Å². The number of aryl methyl sites for hydroxylation is 2. The fraction of sp³-hybridized carbons (Fsp3) is 0.111. The molecule has 0 aliphatic rings. The van der Waals surface area contributed by atoms with E-state index in [2.05, 4.69) is 57.5 Å². The van der Waals surface area contributed by atoms with Crippen LogP contribution in [-0.4, -0.2) is 21.2 Å². The summed E-state index contributed by atoms with van der Waals surface area (Å²) >= 11 is 1.46. The van der Waals surface area contributed by atoms with Gasteiger partial charge in [-0.25, -0.2) is 15.4 Å². The van der Waals surface area contributed by atoms with Crippen molar-refractivity contribution in [2.75, 3.05) is 11.2 Å². The maximum absolute atomic E-state index is 6.06. The zero-order chi connectivity index (χ0) is 18.1. The summed E-state index contributed by atoms with van der Waals surface area (Å²) in [5.41, 5.74) is 12.3. The number of aromatic nitrogens is 3. The lowest BCUT2D eigenvalue weighted by atomic mass is 10.1. The molecule has 4 aromatic rings. The van der Waals surface area contributed by atoms with Crippen LogP contribution in [0, 0.1) is 13.8 Å². The van der Waals surface area contributed by atoms with Crippen molar-refractivity contribution in [1.29, 1.82) is 0 Å². The van der Waals surface area contributed by atoms with Crippen LogP contribution in [0.1, 0.15) is 16.7 Å². The first-order valence-corrected chi connectivity index (χ1v) is 8.73. The number of fused-ring (bicyclic) bond motifs is 1. The number of hydrazone groups is 1. The first kappa shape index (κ1) is 16.2. The lowest BCUT2D eigenvalue weighted by Crippen LogP contribution is -2.00. The van der Waals surface area contributed by atoms with Crippen LogP contribution in [0.15, 0.2) is 46.4 Å². The third-order valence-electron chi connectivity index (χ3n) is 3.72. The van der Waals surface area contributed by atoms with Crippen LogP contribution in [0.4, 0.5) is 11.8 Å². The Morgan fingerprint density at radius 3 is 2.69 bits per heavy atom. The lowest BCUT2D eigenvalue weighted by molar-refractivity contribution is 0.573. The number of rotatable bonds is 4. The van der Waals surface area contributed by atoms with Gasteiger partial charge in [-0.15, -0.1) is 11.3 Å². The Kier molecular flexibility index (Phi) is 4.10. The molecule has 0 bridgehead atoms. The number of hydrogen-bond acceptors (Lipinski definition) is 8. The summed E-state index contributed by atoms with van der Waals surface area (Å²) in [5.74, 6) is 1.41. The van der Waals surface area contributed by atoms with Crippen molar-refractivity contribution in [2.45, 2.75) is 13.8 Å². The molecule has 0 aliphatic carbocycles. The van der Waals surface area contributed by atoms with Crippen molar-refractivity contribution in [3.63, 3.8) is 0 Å². The van der Waals surface area contributed by atoms with Gasteiger partial charge >= 0.3 is 0 Å². The van der Waals surface area contributed by atoms with E-state index < -0.39 is 0 Å². The highest BCUT2D eigenvalue weighted by atomic mass is 32.1. The van der Waals surface area contributed by atoms with Crippen LogP contribution >= 0.6 is 11.3 Å². The number of nitrogens with zero attached hydrogens (tertiary/aromatic N) is 4. The number of nitrogen functional groups attached to an aromatic ring is 1. The average Bonchev–Trinajstić information content (AvgIpc) is 3.23. The predicted octanol–water partition coefficient (Wildman–Crippen LogP) is 3.99. The summed E-state index contributed by atoms with van der Waals surface area (Å²) in [6.07, 6.45) is 4.78. The summed E-state index contributed by atoms with van der Waals surface area (Å²) < 4.78 is 5.32. The largest absolute Gasteiger partial charge is 0.443 e. The van der Waals surface area contributed by atoms with E-state index in [4.69, 9.17) is 10.2 Å². The topological polar surface area (TPSA) is 102 Å². The summed E-state index contributed by atoms with van der Waals surface area (Å²) in [7, 11) is 0. The molecular formula is C18H16N6OS. The second-order valence-corrected chi connectivity index (χ2v) is 6.95. The first-order chi connectivity index (χ1) is 12.6. The molecule has 0 saturated carbocycles. The summed E-state index contributed by atoms with van der Waals surface area (Å²) in [6, 6.07) is 8.13. The minimum Gasteiger partial charge on any atom is -0.443 e. The molecule has 0 atom stereocenters. The molecule has 0 unspecified atom stereocenters. The number of thiophene rings is 1. The number of hydrogen-bond donors (Lipinski definition) is 2. The minimum absolute atomic E-state index is 0.349. The molecule has 0 amide bonds. The van der Waals surface area contributed by atoms with E-state index in [1.165, 1.54) is 28.9 Å². The Morgan fingerprint density at radius 1 is 1.15 bits per heavy atom. The Hall–Kier alpha value is -3.26. The molecular weight excluding hydrogens is 348 g/mol. The lowest BCUT2D eigenvalue weighted by Gasteiger charge is -2.02. The van der Waals surface area contributed by atoms with Gasteiger partial charge in [0.15, 0.2) is 12.2 Å². The maximum Gasteiger partial charge on any atom is 0.246 e. The van der Waals surface area contributed by atoms with E-state index in [0.29, 0.717) is 17.5 Å². The van der Waals surface area contributed by atoms with Gasteiger partial charge in [0.1, 0.15) is 10.6 Å². The fourth-order valence-electron chi connectivity index (χ4n) is 2.70. The molecule has 0 fully saturated rings. The van der Waals surface area contributed by atoms with Gasteiger partial charge in [0.25, 0.3) is 0 Å². The molecule has 130 valence electrons. The van der Waals surface area contributed by atoms with Crippen molar-refractivity contribution in [3.8, 4) is 10.6 Å². The van der Waals surface area contributed by atoms with Gasteiger partial charge in [-0.1, -0.05) is 29.3 Å². The van der Waals surface area contributed by atoms with Gasteiger partial charge in [0.05, 0.1) is 22.7 Å². The van der Waals surface area contributed by atoms with Crippen LogP contribution in [0.3, 0.4) is 0 Å². The molecule has 8 heteroatoms. The highest BCUT2D eigenvalue weighted by Crippen LogP contribution is 2.34. The quantitative estimate of drug-likeness (QED) is 0.419. The Bertz CT molecular complexity index is 1080. The smallest absolute Gasteiger partial charge is 0.246 e. The predicted molar refractivity (Wildman–Crippen MR) is 104 cm³/mol. The molecule has 3 heterocycles. The van der Waals surface area contributed by atoms with Crippen molar-refractivity contribution >= 4 is 39.5 Å². The zero-order valence-corrected chi connectivity index (χ0v) is 15.0. The highest BCUT2D eigenvalue weighted by Gasteiger charge is 2.12. The molecule has 26 heavy (non-hydrogen) atoms. The van der Waals surface area contributed by atoms with Gasteiger partial charge in [0.2, 0.25) is 5.95 Å². The monoisotopic (exact) mass is 364 g/mol. The molecule has 4 rings (SSSR count). The second-order valence-electron chi connectivity index (χ2n) is 5.92. The normalized spacial score (nSPS) is 11.5. The molecule has 3 aromatic heterocycles. The number of nitrogens with two attached hydrogens (primary N) is 1. The summed E-state index contributed by atoms with van der Waals surface area (Å²) in [4.78, 5) is 14.3. The maximum atomic E-state index is 6.06. The van der Waals surface area contributed by atoms with Gasteiger partial charge in [-0.2, -0.15) is 10.1 Å². The Labute approximate surface area is 153 Å². The number of nitrogens with one attached hydrogen (secondary N) is 1. The van der Waals surface area contributed by atoms with Gasteiger partial charge in [-0.05, 0) is 25.5 Å². The second kappa shape index (κ2) is 6.57. The number of anilines is 2. The van der Waals surface area contributed by atoms with Crippen molar-refractivity contribution in [2.24, 2.45) is 5.10 Å². The highest BCUT2D eigenvalue weighted by molar-refractivity contribution is 7.21. The Morgan fingerprint density at radius 2 is 1.96 bits per heavy atom. The first-order valence-electron chi connectivity index (χ1n) is 7.92. The van der Waals surface area contributed by atoms with Gasteiger partial charge in [-0.3, -0.25) is 0 Å².